The summed E-state index contributed by atoms with van der Waals surface area (Å²) in [4.78, 5) is 35.6. The molecule has 0 bridgehead atoms. The molecular weight excluding hydrogens is 262 g/mol. The number of carboxylic acids is 1. The molecular formula is C13H23N3O4. The highest BCUT2D eigenvalue weighted by atomic mass is 16.4. The van der Waals surface area contributed by atoms with Crippen LogP contribution in [-0.4, -0.2) is 53.6 Å². The number of carbonyl (C=O) groups is 3. The quantitative estimate of drug-likeness (QED) is 0.663. The monoisotopic (exact) mass is 285 g/mol. The second-order valence-corrected chi connectivity index (χ2v) is 5.09. The van der Waals surface area contributed by atoms with Crippen molar-refractivity contribution in [2.24, 2.45) is 0 Å². The minimum absolute atomic E-state index is 0.0589. The van der Waals surface area contributed by atoms with Gasteiger partial charge in [-0.2, -0.15) is 0 Å². The third-order valence-electron chi connectivity index (χ3n) is 3.19. The Bertz CT molecular complexity index is 354. The summed E-state index contributed by atoms with van der Waals surface area (Å²) in [6, 6.07) is -0.879. The third kappa shape index (κ3) is 6.40. The molecule has 1 fully saturated rings. The van der Waals surface area contributed by atoms with Crippen LogP contribution in [0.5, 0.6) is 0 Å². The van der Waals surface area contributed by atoms with Crippen LogP contribution in [0.3, 0.4) is 0 Å². The fourth-order valence-corrected chi connectivity index (χ4v) is 2.17. The molecule has 1 rings (SSSR count). The molecule has 0 radical (unpaired) electrons. The van der Waals surface area contributed by atoms with E-state index in [4.69, 9.17) is 5.11 Å². The maximum atomic E-state index is 11.8. The third-order valence-corrected chi connectivity index (χ3v) is 3.19. The highest BCUT2D eigenvalue weighted by molar-refractivity contribution is 5.78. The molecule has 1 aliphatic rings. The van der Waals surface area contributed by atoms with Crippen molar-refractivity contribution in [2.75, 3.05) is 19.6 Å². The van der Waals surface area contributed by atoms with Crippen molar-refractivity contribution in [3.63, 3.8) is 0 Å². The Morgan fingerprint density at radius 1 is 1.20 bits per heavy atom. The molecule has 1 aliphatic heterocycles. The molecule has 0 aromatic heterocycles. The van der Waals surface area contributed by atoms with Gasteiger partial charge in [0.2, 0.25) is 5.91 Å². The largest absolute Gasteiger partial charge is 0.481 e. The molecule has 0 saturated carbocycles. The van der Waals surface area contributed by atoms with Crippen LogP contribution in [0.15, 0.2) is 0 Å². The number of urea groups is 1. The van der Waals surface area contributed by atoms with Gasteiger partial charge in [-0.25, -0.2) is 4.79 Å². The maximum absolute atomic E-state index is 11.8. The van der Waals surface area contributed by atoms with Gasteiger partial charge >= 0.3 is 12.0 Å². The van der Waals surface area contributed by atoms with Crippen molar-refractivity contribution in [2.45, 2.75) is 45.1 Å². The van der Waals surface area contributed by atoms with Gasteiger partial charge in [-0.3, -0.25) is 9.59 Å². The summed E-state index contributed by atoms with van der Waals surface area (Å²) in [7, 11) is 0. The highest BCUT2D eigenvalue weighted by Gasteiger charge is 2.16. The molecule has 7 heteroatoms. The summed E-state index contributed by atoms with van der Waals surface area (Å²) in [6.07, 6.45) is 3.42. The Labute approximate surface area is 118 Å². The highest BCUT2D eigenvalue weighted by Crippen LogP contribution is 2.09. The number of carbonyl (C=O) groups excluding carboxylic acids is 2. The van der Waals surface area contributed by atoms with Crippen LogP contribution in [0.2, 0.25) is 0 Å². The molecule has 7 nitrogen and oxygen atoms in total. The fraction of sp³-hybridized carbons (Fsp3) is 0.769. The number of carboxylic acid groups (broad SMARTS) is 1. The van der Waals surface area contributed by atoms with Crippen molar-refractivity contribution in [1.29, 1.82) is 0 Å². The topological polar surface area (TPSA) is 98.7 Å². The first-order valence-electron chi connectivity index (χ1n) is 7.03. The first kappa shape index (κ1) is 16.3. The number of nitrogens with one attached hydrogen (secondary N) is 2. The molecule has 0 spiro atoms. The van der Waals surface area contributed by atoms with Crippen LogP contribution >= 0.6 is 0 Å². The SMILES string of the molecule is CC(CC(=O)O)NC(=O)NCCC(=O)N1CCCCC1. The van der Waals surface area contributed by atoms with Crippen LogP contribution in [0, 0.1) is 0 Å². The number of piperidine rings is 1. The Morgan fingerprint density at radius 2 is 1.85 bits per heavy atom. The Balaban J connectivity index is 2.14. The molecule has 0 aromatic carbocycles. The Kier molecular flexibility index (Phi) is 6.83. The summed E-state index contributed by atoms with van der Waals surface area (Å²) in [5.74, 6) is -0.901. The lowest BCUT2D eigenvalue weighted by atomic mass is 10.1. The van der Waals surface area contributed by atoms with E-state index in [1.165, 1.54) is 6.42 Å². The molecule has 0 aromatic rings. The van der Waals surface area contributed by atoms with Gasteiger partial charge in [0.15, 0.2) is 0 Å². The van der Waals surface area contributed by atoms with Crippen LogP contribution < -0.4 is 10.6 Å². The summed E-state index contributed by atoms with van der Waals surface area (Å²) >= 11 is 0. The van der Waals surface area contributed by atoms with E-state index >= 15 is 0 Å². The summed E-state index contributed by atoms with van der Waals surface area (Å²) in [5, 5.41) is 13.6. The van der Waals surface area contributed by atoms with E-state index in [1.807, 2.05) is 4.90 Å². The number of likely N-dealkylation sites (tertiary alicyclic amines) is 1. The summed E-state index contributed by atoms with van der Waals surface area (Å²) in [6.45, 7) is 3.49. The van der Waals surface area contributed by atoms with Gasteiger partial charge in [-0.15, -0.1) is 0 Å². The Morgan fingerprint density at radius 3 is 2.45 bits per heavy atom. The Hall–Kier alpha value is -1.79. The average Bonchev–Trinajstić information content (AvgIpc) is 2.38. The summed E-state index contributed by atoms with van der Waals surface area (Å²) in [5.41, 5.74) is 0. The minimum Gasteiger partial charge on any atom is -0.481 e. The average molecular weight is 285 g/mol. The number of aliphatic carboxylic acids is 1. The second kappa shape index (κ2) is 8.39. The first-order chi connectivity index (χ1) is 9.49. The van der Waals surface area contributed by atoms with E-state index in [2.05, 4.69) is 10.6 Å². The summed E-state index contributed by atoms with van der Waals surface area (Å²) < 4.78 is 0. The van der Waals surface area contributed by atoms with Crippen LogP contribution in [0.25, 0.3) is 0 Å². The van der Waals surface area contributed by atoms with E-state index in [-0.39, 0.29) is 25.3 Å². The first-order valence-corrected chi connectivity index (χ1v) is 7.03. The lowest BCUT2D eigenvalue weighted by molar-refractivity contribution is -0.137. The van der Waals surface area contributed by atoms with E-state index < -0.39 is 18.0 Å². The zero-order valence-corrected chi connectivity index (χ0v) is 11.9. The number of amides is 3. The van der Waals surface area contributed by atoms with E-state index in [9.17, 15) is 14.4 Å². The smallest absolute Gasteiger partial charge is 0.315 e. The van der Waals surface area contributed by atoms with Gasteiger partial charge < -0.3 is 20.6 Å². The number of hydrogen-bond donors (Lipinski definition) is 3. The molecule has 1 heterocycles. The normalized spacial score (nSPS) is 16.4. The standard InChI is InChI=1S/C13H23N3O4/c1-10(9-12(18)19)15-13(20)14-6-5-11(17)16-7-3-2-4-8-16/h10H,2-9H2,1H3,(H,18,19)(H2,14,15,20). The second-order valence-electron chi connectivity index (χ2n) is 5.09. The zero-order valence-electron chi connectivity index (χ0n) is 11.9. The number of nitrogens with zero attached hydrogens (tertiary/aromatic N) is 1. The van der Waals surface area contributed by atoms with Gasteiger partial charge in [0.1, 0.15) is 0 Å². The van der Waals surface area contributed by atoms with Crippen molar-refractivity contribution in [3.8, 4) is 0 Å². The molecule has 114 valence electrons. The molecule has 1 atom stereocenters. The predicted molar refractivity (Wildman–Crippen MR) is 73.3 cm³/mol. The fourth-order valence-electron chi connectivity index (χ4n) is 2.17. The van der Waals surface area contributed by atoms with Crippen molar-refractivity contribution in [1.82, 2.24) is 15.5 Å². The van der Waals surface area contributed by atoms with Crippen molar-refractivity contribution in [3.05, 3.63) is 0 Å². The molecule has 3 amide bonds. The van der Waals surface area contributed by atoms with E-state index in [0.29, 0.717) is 0 Å². The van der Waals surface area contributed by atoms with Crippen molar-refractivity contribution >= 4 is 17.9 Å². The van der Waals surface area contributed by atoms with Crippen molar-refractivity contribution < 1.29 is 19.5 Å². The van der Waals surface area contributed by atoms with Gasteiger partial charge in [-0.1, -0.05) is 0 Å². The van der Waals surface area contributed by atoms with Gasteiger partial charge in [0.05, 0.1) is 6.42 Å². The number of rotatable bonds is 6. The molecule has 20 heavy (non-hydrogen) atoms. The van der Waals surface area contributed by atoms with Gasteiger partial charge in [0, 0.05) is 32.1 Å². The molecule has 3 N–H and O–H groups in total. The maximum Gasteiger partial charge on any atom is 0.315 e. The van der Waals surface area contributed by atoms with Crippen LogP contribution in [0.1, 0.15) is 39.0 Å². The molecule has 0 aliphatic carbocycles. The van der Waals surface area contributed by atoms with E-state index in [0.717, 1.165) is 25.9 Å². The predicted octanol–water partition coefficient (Wildman–Crippen LogP) is 0.551. The minimum atomic E-state index is -0.960. The molecule has 1 saturated heterocycles. The lowest BCUT2D eigenvalue weighted by Gasteiger charge is -2.26. The lowest BCUT2D eigenvalue weighted by Crippen LogP contribution is -2.43. The van der Waals surface area contributed by atoms with E-state index in [1.54, 1.807) is 6.92 Å². The van der Waals surface area contributed by atoms with Crippen LogP contribution in [0.4, 0.5) is 4.79 Å². The number of hydrogen-bond acceptors (Lipinski definition) is 3. The van der Waals surface area contributed by atoms with Crippen LogP contribution in [-0.2, 0) is 9.59 Å². The van der Waals surface area contributed by atoms with Gasteiger partial charge in [-0.05, 0) is 26.2 Å². The zero-order chi connectivity index (χ0) is 15.0. The van der Waals surface area contributed by atoms with Gasteiger partial charge in [0.25, 0.3) is 0 Å². The molecule has 1 unspecified atom stereocenters.